The number of hydrogen-bond acceptors (Lipinski definition) is 1. The van der Waals surface area contributed by atoms with E-state index in [9.17, 15) is 4.79 Å². The van der Waals surface area contributed by atoms with Gasteiger partial charge in [0, 0.05) is 19.6 Å². The lowest BCUT2D eigenvalue weighted by molar-refractivity contribution is -0.128. The second-order valence-electron chi connectivity index (χ2n) is 4.56. The summed E-state index contributed by atoms with van der Waals surface area (Å²) in [5.41, 5.74) is 0.285. The maximum Gasteiger partial charge on any atom is 0.222 e. The fourth-order valence-corrected chi connectivity index (χ4v) is 3.69. The van der Waals surface area contributed by atoms with E-state index in [1.54, 1.807) is 4.90 Å². The van der Waals surface area contributed by atoms with Gasteiger partial charge in [-0.2, -0.15) is 0 Å². The average Bonchev–Trinajstić information content (AvgIpc) is 1.85. The van der Waals surface area contributed by atoms with Crippen molar-refractivity contribution < 1.29 is 4.79 Å². The lowest BCUT2D eigenvalue weighted by Gasteiger charge is -2.29. The van der Waals surface area contributed by atoms with E-state index in [2.05, 4.69) is 26.6 Å². The minimum atomic E-state index is -1.30. The molecule has 1 atom stereocenters. The zero-order valence-electron chi connectivity index (χ0n) is 9.14. The predicted octanol–water partition coefficient (Wildman–Crippen LogP) is 2.19. The first kappa shape index (κ1) is 11.7. The Kier molecular flexibility index (Phi) is 3.97. The van der Waals surface area contributed by atoms with Crippen LogP contribution in [0.2, 0.25) is 25.2 Å². The maximum absolute atomic E-state index is 11.7. The number of rotatable bonds is 3. The van der Waals surface area contributed by atoms with Gasteiger partial charge in [0.2, 0.25) is 5.91 Å². The molecular formula is C9H21NOSi. The number of hydrogen-bond donors (Lipinski definition) is 0. The third-order valence-electron chi connectivity index (χ3n) is 2.19. The smallest absolute Gasteiger partial charge is 0.222 e. The van der Waals surface area contributed by atoms with Crippen LogP contribution in [0, 0.1) is 0 Å². The van der Waals surface area contributed by atoms with Gasteiger partial charge in [-0.15, -0.1) is 0 Å². The fraction of sp³-hybridized carbons (Fsp3) is 0.889. The van der Waals surface area contributed by atoms with Crippen molar-refractivity contribution in [2.45, 2.75) is 38.5 Å². The molecule has 0 fully saturated rings. The van der Waals surface area contributed by atoms with Crippen LogP contribution in [0.5, 0.6) is 0 Å². The first-order valence-electron chi connectivity index (χ1n) is 4.51. The largest absolute Gasteiger partial charge is 0.349 e. The molecule has 0 aromatic carbocycles. The molecule has 1 amide bonds. The van der Waals surface area contributed by atoms with Gasteiger partial charge in [0.05, 0.1) is 8.07 Å². The molecule has 0 N–H and O–H groups in total. The Morgan fingerprint density at radius 1 is 1.33 bits per heavy atom. The van der Waals surface area contributed by atoms with Crippen molar-refractivity contribution >= 4 is 14.0 Å². The van der Waals surface area contributed by atoms with Crippen LogP contribution < -0.4 is 0 Å². The highest BCUT2D eigenvalue weighted by Gasteiger charge is 2.31. The van der Waals surface area contributed by atoms with Crippen molar-refractivity contribution in [3.8, 4) is 0 Å². The zero-order valence-corrected chi connectivity index (χ0v) is 10.1. The zero-order chi connectivity index (χ0) is 9.94. The maximum atomic E-state index is 11.7. The van der Waals surface area contributed by atoms with Crippen LogP contribution in [0.3, 0.4) is 0 Å². The molecule has 3 heteroatoms. The van der Waals surface area contributed by atoms with Gasteiger partial charge in [-0.1, -0.05) is 26.6 Å². The van der Waals surface area contributed by atoms with Crippen LogP contribution >= 0.6 is 0 Å². The quantitative estimate of drug-likeness (QED) is 0.620. The molecule has 0 aliphatic rings. The topological polar surface area (TPSA) is 20.3 Å². The number of carbonyl (C=O) groups is 1. The third-order valence-corrected chi connectivity index (χ3v) is 4.94. The van der Waals surface area contributed by atoms with E-state index in [4.69, 9.17) is 0 Å². The molecule has 0 saturated carbocycles. The molecule has 72 valence electrons. The summed E-state index contributed by atoms with van der Waals surface area (Å²) in [6.45, 7) is 8.86. The highest BCUT2D eigenvalue weighted by molar-refractivity contribution is 6.80. The monoisotopic (exact) mass is 187 g/mol. The average molecular weight is 187 g/mol. The molecule has 0 aromatic heterocycles. The summed E-state index contributed by atoms with van der Waals surface area (Å²) in [6, 6.07) is 0. The Balaban J connectivity index is 4.47. The van der Waals surface area contributed by atoms with E-state index < -0.39 is 8.07 Å². The summed E-state index contributed by atoms with van der Waals surface area (Å²) in [5.74, 6) is 0.302. The second-order valence-corrected chi connectivity index (χ2v) is 9.99. The minimum absolute atomic E-state index is 0.285. The van der Waals surface area contributed by atoms with E-state index in [0.29, 0.717) is 5.91 Å². The Hall–Kier alpha value is -0.313. The molecule has 12 heavy (non-hydrogen) atoms. The molecular weight excluding hydrogens is 166 g/mol. The van der Waals surface area contributed by atoms with E-state index in [1.807, 2.05) is 14.1 Å². The van der Waals surface area contributed by atoms with Gasteiger partial charge in [0.15, 0.2) is 0 Å². The van der Waals surface area contributed by atoms with Crippen LogP contribution in [-0.4, -0.2) is 33.0 Å². The van der Waals surface area contributed by atoms with Crippen molar-refractivity contribution in [2.75, 3.05) is 14.1 Å². The highest BCUT2D eigenvalue weighted by Crippen LogP contribution is 2.26. The standard InChI is InChI=1S/C9H21NOSi/c1-7-8(12(4,5)6)9(11)10(2)3/h8H,7H2,1-6H3. The van der Waals surface area contributed by atoms with Gasteiger partial charge in [0.1, 0.15) is 0 Å². The van der Waals surface area contributed by atoms with Gasteiger partial charge in [-0.25, -0.2) is 0 Å². The van der Waals surface area contributed by atoms with Crippen molar-refractivity contribution in [3.05, 3.63) is 0 Å². The van der Waals surface area contributed by atoms with Crippen LogP contribution in [0.1, 0.15) is 13.3 Å². The van der Waals surface area contributed by atoms with E-state index >= 15 is 0 Å². The van der Waals surface area contributed by atoms with Crippen LogP contribution in [0.15, 0.2) is 0 Å². The van der Waals surface area contributed by atoms with Gasteiger partial charge >= 0.3 is 0 Å². The van der Waals surface area contributed by atoms with Gasteiger partial charge in [-0.05, 0) is 6.42 Å². The SMILES string of the molecule is CCC(C(=O)N(C)C)[Si](C)(C)C. The fourth-order valence-electron chi connectivity index (χ4n) is 1.47. The molecule has 0 aliphatic carbocycles. The molecule has 0 radical (unpaired) electrons. The predicted molar refractivity (Wildman–Crippen MR) is 56.1 cm³/mol. The van der Waals surface area contributed by atoms with Crippen molar-refractivity contribution in [2.24, 2.45) is 0 Å². The Morgan fingerprint density at radius 3 is 1.83 bits per heavy atom. The molecule has 0 aromatic rings. The molecule has 2 nitrogen and oxygen atoms in total. The Labute approximate surface area is 77.0 Å². The molecule has 0 spiro atoms. The van der Waals surface area contributed by atoms with E-state index in [-0.39, 0.29) is 5.54 Å². The minimum Gasteiger partial charge on any atom is -0.349 e. The second kappa shape index (κ2) is 4.08. The molecule has 0 rings (SSSR count). The Morgan fingerprint density at radius 2 is 1.75 bits per heavy atom. The lowest BCUT2D eigenvalue weighted by Crippen LogP contribution is -2.39. The summed E-state index contributed by atoms with van der Waals surface area (Å²) in [4.78, 5) is 13.4. The normalized spacial score (nSPS) is 14.2. The van der Waals surface area contributed by atoms with Crippen LogP contribution in [0.25, 0.3) is 0 Å². The van der Waals surface area contributed by atoms with Crippen molar-refractivity contribution in [3.63, 3.8) is 0 Å². The summed E-state index contributed by atoms with van der Waals surface area (Å²) in [5, 5.41) is 0. The first-order chi connectivity index (χ1) is 5.30. The first-order valence-corrected chi connectivity index (χ1v) is 8.09. The number of amides is 1. The van der Waals surface area contributed by atoms with Crippen LogP contribution in [-0.2, 0) is 4.79 Å². The molecule has 0 bridgehead atoms. The lowest BCUT2D eigenvalue weighted by atomic mass is 10.3. The molecule has 0 aliphatic heterocycles. The van der Waals surface area contributed by atoms with Crippen molar-refractivity contribution in [1.82, 2.24) is 4.90 Å². The summed E-state index contributed by atoms with van der Waals surface area (Å²) < 4.78 is 0. The number of nitrogens with zero attached hydrogens (tertiary/aromatic N) is 1. The van der Waals surface area contributed by atoms with Crippen molar-refractivity contribution in [1.29, 1.82) is 0 Å². The number of carbonyl (C=O) groups excluding carboxylic acids is 1. The molecule has 0 heterocycles. The van der Waals surface area contributed by atoms with Crippen LogP contribution in [0.4, 0.5) is 0 Å². The van der Waals surface area contributed by atoms with E-state index in [1.165, 1.54) is 0 Å². The Bertz CT molecular complexity index is 160. The van der Waals surface area contributed by atoms with Gasteiger partial charge < -0.3 is 4.90 Å². The summed E-state index contributed by atoms with van der Waals surface area (Å²) in [7, 11) is 2.37. The molecule has 0 saturated heterocycles. The summed E-state index contributed by atoms with van der Waals surface area (Å²) >= 11 is 0. The molecule has 1 unspecified atom stereocenters. The third kappa shape index (κ3) is 2.97. The van der Waals surface area contributed by atoms with Gasteiger partial charge in [-0.3, -0.25) is 4.79 Å². The van der Waals surface area contributed by atoms with E-state index in [0.717, 1.165) is 6.42 Å². The van der Waals surface area contributed by atoms with Gasteiger partial charge in [0.25, 0.3) is 0 Å². The highest BCUT2D eigenvalue weighted by atomic mass is 28.3. The summed E-state index contributed by atoms with van der Waals surface area (Å²) in [6.07, 6.45) is 0.979.